The number of hydrogen-bond acceptors (Lipinski definition) is 9. The van der Waals surface area contributed by atoms with Crippen LogP contribution in [0.15, 0.2) is 30.5 Å². The molecule has 0 radical (unpaired) electrons. The Morgan fingerprint density at radius 3 is 2.51 bits per heavy atom. The fourth-order valence-corrected chi connectivity index (χ4v) is 7.20. The Balaban J connectivity index is 1.46. The number of benzene rings is 1. The molecule has 39 heavy (non-hydrogen) atoms. The van der Waals surface area contributed by atoms with Crippen molar-refractivity contribution in [3.8, 4) is 0 Å². The number of aromatic nitrogens is 4. The maximum atomic E-state index is 13.7. The third kappa shape index (κ3) is 4.04. The van der Waals surface area contributed by atoms with E-state index in [1.165, 1.54) is 18.7 Å². The van der Waals surface area contributed by atoms with Gasteiger partial charge in [-0.15, -0.1) is 15.3 Å². The van der Waals surface area contributed by atoms with Crippen molar-refractivity contribution in [1.82, 2.24) is 29.9 Å². The molecule has 3 aliphatic rings. The molecule has 10 nitrogen and oxygen atoms in total. The Hall–Kier alpha value is -2.74. The number of hydrogen-bond donors (Lipinski definition) is 1. The summed E-state index contributed by atoms with van der Waals surface area (Å²) in [6.07, 6.45) is 1.01. The summed E-state index contributed by atoms with van der Waals surface area (Å²) in [6, 6.07) is 7.67. The zero-order valence-electron chi connectivity index (χ0n) is 22.1. The predicted octanol–water partition coefficient (Wildman–Crippen LogP) is 2.98. The summed E-state index contributed by atoms with van der Waals surface area (Å²) >= 11 is 0.864. The van der Waals surface area contributed by atoms with Crippen molar-refractivity contribution in [2.24, 2.45) is 5.41 Å². The first-order chi connectivity index (χ1) is 18.5. The smallest absolute Gasteiger partial charge is 0.291 e. The molecule has 6 rings (SSSR count). The molecular weight excluding hydrogens is 530 g/mol. The average Bonchev–Trinajstić information content (AvgIpc) is 3.29. The van der Waals surface area contributed by atoms with E-state index in [0.29, 0.717) is 44.2 Å². The van der Waals surface area contributed by atoms with Crippen molar-refractivity contribution < 1.29 is 28.3 Å². The number of alkyl halides is 2. The maximum absolute atomic E-state index is 13.7. The number of piperazine rings is 1. The maximum Gasteiger partial charge on any atom is 0.291 e. The van der Waals surface area contributed by atoms with E-state index in [9.17, 15) is 18.7 Å². The Kier molecular flexibility index (Phi) is 6.21. The molecule has 3 aromatic rings. The summed E-state index contributed by atoms with van der Waals surface area (Å²) in [5.74, 6) is -0.344. The van der Waals surface area contributed by atoms with Gasteiger partial charge in [0.1, 0.15) is 11.1 Å². The minimum Gasteiger partial charge on any atom is -0.381 e. The lowest BCUT2D eigenvalue weighted by atomic mass is 9.76. The van der Waals surface area contributed by atoms with Crippen LogP contribution in [0.25, 0.3) is 10.9 Å². The molecule has 2 atom stereocenters. The standard InChI is InChI=1S/C26H32F2N6O4S/c1-23(2,36)22(35)32-11-13-33(14-12-32)25(38-34-18-7-5-4-6-17(18)16-29-34)10-15-37-26(25,24(3)8-9-24)21-31-30-20(39-21)19(27)28/h4-7,16,19,36H,8-15H2,1-3H3. The fraction of sp³-hybridized carbons (Fsp3) is 0.615. The molecule has 2 aromatic heterocycles. The molecule has 1 N–H and O–H groups in total. The Morgan fingerprint density at radius 2 is 1.87 bits per heavy atom. The molecule has 13 heteroatoms. The van der Waals surface area contributed by atoms with Gasteiger partial charge in [0.2, 0.25) is 5.72 Å². The second kappa shape index (κ2) is 9.15. The van der Waals surface area contributed by atoms with Gasteiger partial charge in [-0.1, -0.05) is 41.3 Å². The Bertz CT molecular complexity index is 1380. The number of ether oxygens (including phenoxy) is 1. The second-order valence-electron chi connectivity index (χ2n) is 11.4. The zero-order chi connectivity index (χ0) is 27.6. The van der Waals surface area contributed by atoms with Crippen LogP contribution in [0.4, 0.5) is 8.78 Å². The predicted molar refractivity (Wildman–Crippen MR) is 138 cm³/mol. The highest BCUT2D eigenvalue weighted by atomic mass is 32.1. The molecule has 3 fully saturated rings. The minimum absolute atomic E-state index is 0.321. The molecule has 0 spiro atoms. The van der Waals surface area contributed by atoms with E-state index in [-0.39, 0.29) is 10.9 Å². The number of halogens is 2. The highest BCUT2D eigenvalue weighted by Crippen LogP contribution is 2.68. The summed E-state index contributed by atoms with van der Waals surface area (Å²) in [7, 11) is 0. The first-order valence-corrected chi connectivity index (χ1v) is 14.0. The van der Waals surface area contributed by atoms with Gasteiger partial charge in [0.25, 0.3) is 12.3 Å². The molecule has 4 heterocycles. The van der Waals surface area contributed by atoms with Crippen LogP contribution in [-0.2, 0) is 15.1 Å². The topological polar surface area (TPSA) is 106 Å². The second-order valence-corrected chi connectivity index (χ2v) is 12.4. The third-order valence-electron chi connectivity index (χ3n) is 8.37. The Labute approximate surface area is 228 Å². The van der Waals surface area contributed by atoms with Crippen LogP contribution < -0.4 is 4.84 Å². The van der Waals surface area contributed by atoms with Crippen molar-refractivity contribution in [1.29, 1.82) is 0 Å². The van der Waals surface area contributed by atoms with E-state index in [1.807, 2.05) is 24.3 Å². The number of nitrogens with zero attached hydrogens (tertiary/aromatic N) is 6. The number of carbonyl (C=O) groups is 1. The number of para-hydroxylation sites is 1. The fourth-order valence-electron chi connectivity index (χ4n) is 6.14. The highest BCUT2D eigenvalue weighted by Gasteiger charge is 2.76. The number of aliphatic hydroxyl groups is 1. The summed E-state index contributed by atoms with van der Waals surface area (Å²) in [5.41, 5.74) is -3.52. The molecule has 2 saturated heterocycles. The summed E-state index contributed by atoms with van der Waals surface area (Å²) in [5, 5.41) is 23.8. The van der Waals surface area contributed by atoms with Gasteiger partial charge in [-0.25, -0.2) is 8.78 Å². The highest BCUT2D eigenvalue weighted by molar-refractivity contribution is 7.11. The number of amides is 1. The van der Waals surface area contributed by atoms with Crippen molar-refractivity contribution in [3.05, 3.63) is 40.5 Å². The van der Waals surface area contributed by atoms with Crippen molar-refractivity contribution in [2.75, 3.05) is 32.8 Å². The van der Waals surface area contributed by atoms with Crippen molar-refractivity contribution in [3.63, 3.8) is 0 Å². The van der Waals surface area contributed by atoms with Crippen LogP contribution >= 0.6 is 11.3 Å². The lowest BCUT2D eigenvalue weighted by molar-refractivity contribution is -0.268. The van der Waals surface area contributed by atoms with E-state index < -0.39 is 28.8 Å². The lowest BCUT2D eigenvalue weighted by Crippen LogP contribution is -2.71. The zero-order valence-corrected chi connectivity index (χ0v) is 23.0. The van der Waals surface area contributed by atoms with E-state index in [4.69, 9.17) is 9.57 Å². The normalized spacial score (nSPS) is 27.4. The van der Waals surface area contributed by atoms with Crippen LogP contribution in [0.1, 0.15) is 56.5 Å². The molecule has 1 saturated carbocycles. The molecule has 210 valence electrons. The quantitative estimate of drug-likeness (QED) is 0.469. The molecule has 0 bridgehead atoms. The number of rotatable bonds is 7. The van der Waals surface area contributed by atoms with Gasteiger partial charge in [-0.05, 0) is 32.8 Å². The monoisotopic (exact) mass is 562 g/mol. The molecule has 1 aromatic carbocycles. The summed E-state index contributed by atoms with van der Waals surface area (Å²) in [6.45, 7) is 6.92. The molecular formula is C26H32F2N6O4S. The minimum atomic E-state index is -2.75. The third-order valence-corrected chi connectivity index (χ3v) is 9.40. The summed E-state index contributed by atoms with van der Waals surface area (Å²) in [4.78, 5) is 25.0. The van der Waals surface area contributed by atoms with Gasteiger partial charge in [-0.2, -0.15) is 0 Å². The van der Waals surface area contributed by atoms with Crippen LogP contribution in [-0.4, -0.2) is 85.1 Å². The van der Waals surface area contributed by atoms with Gasteiger partial charge in [0.15, 0.2) is 15.6 Å². The van der Waals surface area contributed by atoms with Crippen molar-refractivity contribution in [2.45, 2.75) is 63.4 Å². The average molecular weight is 563 g/mol. The van der Waals surface area contributed by atoms with Gasteiger partial charge in [-0.3, -0.25) is 9.69 Å². The van der Waals surface area contributed by atoms with Crippen LogP contribution in [0.2, 0.25) is 0 Å². The SMILES string of the molecule is CC(C)(O)C(=O)N1CCN(C2(On3ncc4ccccc43)CCOC2(c2nnc(C(F)F)s2)C2(C)CC2)CC1. The van der Waals surface area contributed by atoms with E-state index in [1.54, 1.807) is 11.1 Å². The van der Waals surface area contributed by atoms with Crippen LogP contribution in [0, 0.1) is 5.41 Å². The molecule has 1 aliphatic carbocycles. The molecule has 2 unspecified atom stereocenters. The summed E-state index contributed by atoms with van der Waals surface area (Å²) < 4.78 is 34.0. The van der Waals surface area contributed by atoms with Gasteiger partial charge in [0, 0.05) is 43.4 Å². The van der Waals surface area contributed by atoms with Crippen molar-refractivity contribution >= 4 is 28.1 Å². The van der Waals surface area contributed by atoms with E-state index >= 15 is 0 Å². The molecule has 2 aliphatic heterocycles. The number of carbonyl (C=O) groups excluding carboxylic acids is 1. The Morgan fingerprint density at radius 1 is 1.15 bits per heavy atom. The van der Waals surface area contributed by atoms with Crippen LogP contribution in [0.5, 0.6) is 0 Å². The lowest BCUT2D eigenvalue weighted by Gasteiger charge is -2.53. The van der Waals surface area contributed by atoms with Gasteiger partial charge < -0.3 is 19.6 Å². The first kappa shape index (κ1) is 26.5. The van der Waals surface area contributed by atoms with E-state index in [0.717, 1.165) is 35.1 Å². The van der Waals surface area contributed by atoms with Gasteiger partial charge in [0.05, 0.1) is 12.8 Å². The van der Waals surface area contributed by atoms with Crippen LogP contribution in [0.3, 0.4) is 0 Å². The first-order valence-electron chi connectivity index (χ1n) is 13.2. The number of fused-ring (bicyclic) bond motifs is 1. The van der Waals surface area contributed by atoms with Gasteiger partial charge >= 0.3 is 0 Å². The molecule has 1 amide bonds. The van der Waals surface area contributed by atoms with E-state index in [2.05, 4.69) is 27.1 Å². The largest absolute Gasteiger partial charge is 0.381 e.